The van der Waals surface area contributed by atoms with Gasteiger partial charge in [0, 0.05) is 96.2 Å². The molecule has 0 aliphatic carbocycles. The predicted molar refractivity (Wildman–Crippen MR) is 447 cm³/mol. The first-order chi connectivity index (χ1) is 50.8. The average Bonchev–Trinajstić information content (AvgIpc) is 0.882. The molecule has 15 aromatic rings. The number of fused-ring (bicyclic) bond motifs is 8. The van der Waals surface area contributed by atoms with E-state index < -0.39 is 32.3 Å². The number of rotatable bonds is 12. The quantitative estimate of drug-likeness (QED) is 0.112. The van der Waals surface area contributed by atoms with Crippen molar-refractivity contribution in [1.29, 1.82) is 0 Å². The van der Waals surface area contributed by atoms with Crippen LogP contribution in [0.3, 0.4) is 0 Å². The minimum Gasteiger partial charge on any atom is -0.311 e. The number of benzene rings is 13. The van der Waals surface area contributed by atoms with Gasteiger partial charge < -0.3 is 19.6 Å². The smallest absolute Gasteiger partial charge is 0.168 e. The zero-order chi connectivity index (χ0) is 70.1. The molecular weight excluding hydrogens is 1350 g/mol. The molecule has 0 N–H and O–H groups in total. The molecule has 104 heavy (non-hydrogen) atoms. The molecule has 0 bridgehead atoms. The van der Waals surface area contributed by atoms with Gasteiger partial charge >= 0.3 is 0 Å². The summed E-state index contributed by atoms with van der Waals surface area (Å²) in [5, 5.41) is 33.1. The molecule has 0 atom stereocenters. The molecule has 6 heterocycles. The van der Waals surface area contributed by atoms with Crippen LogP contribution in [0, 0.1) is 0 Å². The fraction of sp³-hybridized carbons (Fsp3) is 0.0889. The molecule has 502 valence electrons. The van der Waals surface area contributed by atoms with Crippen LogP contribution >= 0.6 is 11.3 Å². The number of nitrogens with zero attached hydrogens (tertiary/aromatic N) is 9. The summed E-state index contributed by atoms with van der Waals surface area (Å²) in [7, 11) is -8.68. The van der Waals surface area contributed by atoms with Gasteiger partial charge in [-0.05, 0) is 199 Å². The second kappa shape index (κ2) is 24.7. The maximum Gasteiger partial charge on any atom is 0.168 e. The predicted octanol–water partition coefficient (Wildman–Crippen LogP) is 18.7. The van der Waals surface area contributed by atoms with Crippen LogP contribution in [0.1, 0.15) is 0 Å². The van der Waals surface area contributed by atoms with E-state index in [1.807, 2.05) is 0 Å². The van der Waals surface area contributed by atoms with Crippen molar-refractivity contribution in [1.82, 2.24) is 25.0 Å². The third kappa shape index (κ3) is 10.0. The molecule has 0 spiro atoms. The first-order valence-corrected chi connectivity index (χ1v) is 48.3. The largest absolute Gasteiger partial charge is 0.311 e. The summed E-state index contributed by atoms with van der Waals surface area (Å²) in [6.45, 7) is 15.1. The molecule has 0 fully saturated rings. The maximum atomic E-state index is 5.01. The molecule has 0 saturated heterocycles. The van der Waals surface area contributed by atoms with Crippen molar-refractivity contribution in [2.24, 2.45) is 0 Å². The van der Waals surface area contributed by atoms with Crippen molar-refractivity contribution in [3.05, 3.63) is 322 Å². The molecule has 0 unspecified atom stereocenters. The van der Waals surface area contributed by atoms with Crippen molar-refractivity contribution in [2.75, 3.05) is 19.6 Å². The lowest BCUT2D eigenvalue weighted by molar-refractivity contribution is 1.07. The van der Waals surface area contributed by atoms with Gasteiger partial charge in [-0.3, -0.25) is 4.57 Å². The van der Waals surface area contributed by atoms with Crippen LogP contribution in [-0.2, 0) is 0 Å². The van der Waals surface area contributed by atoms with Gasteiger partial charge in [0.05, 0.1) is 0 Å². The summed E-state index contributed by atoms with van der Waals surface area (Å²) < 4.78 is 2.21. The lowest BCUT2D eigenvalue weighted by Gasteiger charge is -2.46. The highest BCUT2D eigenvalue weighted by Gasteiger charge is 2.48. The Labute approximate surface area is 616 Å². The molecule has 2 aromatic heterocycles. The van der Waals surface area contributed by atoms with Crippen LogP contribution in [0.2, 0.25) is 51.4 Å². The normalized spacial score (nSPS) is 15.1. The summed E-state index contributed by atoms with van der Waals surface area (Å²) in [4.78, 5) is 9.88. The van der Waals surface area contributed by atoms with Crippen LogP contribution < -0.4 is 61.1 Å². The van der Waals surface area contributed by atoms with Crippen LogP contribution in [0.5, 0.6) is 0 Å². The lowest BCUT2D eigenvalue weighted by Crippen LogP contribution is -2.65. The fourth-order valence-electron chi connectivity index (χ4n) is 17.5. The zero-order valence-corrected chi connectivity index (χ0v) is 63.8. The summed E-state index contributed by atoms with van der Waals surface area (Å²) in [5.41, 5.74) is 19.7. The highest BCUT2D eigenvalue weighted by molar-refractivity contribution is 7.18. The summed E-state index contributed by atoms with van der Waals surface area (Å²) >= 11 is 1.64. The minimum atomic E-state index is -2.45. The maximum absolute atomic E-state index is 5.01. The van der Waals surface area contributed by atoms with Gasteiger partial charge in [-0.15, -0.1) is 20.4 Å². The van der Waals surface area contributed by atoms with Gasteiger partial charge in [-0.2, -0.15) is 0 Å². The van der Waals surface area contributed by atoms with Crippen LogP contribution in [0.4, 0.5) is 68.2 Å². The Balaban J connectivity index is 0.594. The number of para-hydroxylation sites is 9. The van der Waals surface area contributed by atoms with Crippen molar-refractivity contribution in [3.63, 3.8) is 0 Å². The van der Waals surface area contributed by atoms with E-state index in [0.717, 1.165) is 84.4 Å². The minimum absolute atomic E-state index is 0.784. The molecule has 4 aliphatic heterocycles. The number of aromatic nitrogens is 5. The van der Waals surface area contributed by atoms with E-state index in [0.29, 0.717) is 0 Å². The number of hydrogen-bond donors (Lipinski definition) is 0. The van der Waals surface area contributed by atoms with E-state index in [9.17, 15) is 0 Å². The Morgan fingerprint density at radius 1 is 0.231 bits per heavy atom. The molecule has 4 aliphatic rings. The van der Waals surface area contributed by atoms with Crippen molar-refractivity contribution in [3.8, 4) is 49.6 Å². The standard InChI is InChI=1S/C90H75N9SSi4/c1-101(2)79-36-18-10-28-71(79)95(72-29-11-19-37-80(72)101)67-52-44-62(45-53-67)87-91-92-88(99(87)66-26-8-7-9-27-66)63-46-54-68(55-47-63)97-75-32-14-22-40-83(75)103(5,84-41-23-15-33-76(84)97)60-61-104(6)85-42-24-16-34-77(85)98(78-35-17-25-43-86(78)104)70-58-50-65(51-59-70)90-94-93-89(100-90)64-48-56-69(57-49-64)96-73-30-12-20-38-81(73)102(3,4)82-39-21-13-31-74(82)96/h7-59H,60-61H2,1-6H3. The van der Waals surface area contributed by atoms with E-state index >= 15 is 0 Å². The van der Waals surface area contributed by atoms with E-state index in [-0.39, 0.29) is 0 Å². The molecular formula is C90H75N9SSi4. The molecule has 19 rings (SSSR count). The molecule has 9 nitrogen and oxygen atoms in total. The summed E-state index contributed by atoms with van der Waals surface area (Å²) in [5.74, 6) is 1.57. The van der Waals surface area contributed by atoms with Gasteiger partial charge in [-0.1, -0.05) is 226 Å². The van der Waals surface area contributed by atoms with Crippen molar-refractivity contribution >= 4 is 153 Å². The second-order valence-electron chi connectivity index (χ2n) is 29.5. The van der Waals surface area contributed by atoms with E-state index in [2.05, 4.69) is 385 Å². The van der Waals surface area contributed by atoms with Crippen LogP contribution in [0.15, 0.2) is 322 Å². The van der Waals surface area contributed by atoms with Gasteiger partial charge in [0.1, 0.15) is 42.3 Å². The van der Waals surface area contributed by atoms with Crippen molar-refractivity contribution in [2.45, 2.75) is 51.4 Å². The van der Waals surface area contributed by atoms with Gasteiger partial charge in [-0.25, -0.2) is 0 Å². The van der Waals surface area contributed by atoms with Gasteiger partial charge in [0.2, 0.25) is 0 Å². The molecule has 13 aromatic carbocycles. The Hall–Kier alpha value is -11.4. The Morgan fingerprint density at radius 2 is 0.462 bits per heavy atom. The van der Waals surface area contributed by atoms with E-state index in [1.165, 1.54) is 87.0 Å². The lowest BCUT2D eigenvalue weighted by atomic mass is 10.1. The van der Waals surface area contributed by atoms with Crippen LogP contribution in [-0.4, -0.2) is 57.3 Å². The molecule has 0 saturated carbocycles. The second-order valence-corrected chi connectivity index (χ2v) is 47.6. The first-order valence-electron chi connectivity index (χ1n) is 36.1. The summed E-state index contributed by atoms with van der Waals surface area (Å²) in [6.07, 6.45) is 0. The topological polar surface area (TPSA) is 69.5 Å². The van der Waals surface area contributed by atoms with Gasteiger partial charge in [0.15, 0.2) is 11.6 Å². The highest BCUT2D eigenvalue weighted by atomic mass is 32.1. The van der Waals surface area contributed by atoms with E-state index in [1.54, 1.807) is 11.3 Å². The Bertz CT molecular complexity index is 5640. The molecule has 0 radical (unpaired) electrons. The number of anilines is 12. The fourth-order valence-corrected chi connectivity index (χ4v) is 34.9. The van der Waals surface area contributed by atoms with Crippen LogP contribution in [0.25, 0.3) is 49.6 Å². The van der Waals surface area contributed by atoms with E-state index in [4.69, 9.17) is 20.4 Å². The number of hydrogen-bond acceptors (Lipinski definition) is 9. The first kappa shape index (κ1) is 63.5. The molecule has 14 heteroatoms. The Morgan fingerprint density at radius 3 is 0.740 bits per heavy atom. The Kier molecular flexibility index (Phi) is 15.1. The van der Waals surface area contributed by atoms with Gasteiger partial charge in [0.25, 0.3) is 0 Å². The third-order valence-electron chi connectivity index (χ3n) is 23.0. The highest BCUT2D eigenvalue weighted by Crippen LogP contribution is 2.47. The summed E-state index contributed by atoms with van der Waals surface area (Å²) in [6, 6.07) is 121. The SMILES string of the molecule is C[Si]1(C)c2ccccc2N(c2ccc(-c3nnc(-c4ccc(N5c6ccccc6[Si](C)(CC[Si]6(C)c7ccccc7N(c7ccc(-c8nnc(-c9ccc(N%10c%11ccccc%11[Si](C)(C)c%11ccccc%11%10)cc9)n8-c8ccccc8)cc7)c7ccccc76)c6ccccc65)cc4)s3)cc2)c2ccccc21. The van der Waals surface area contributed by atoms with Crippen molar-refractivity contribution < 1.29 is 0 Å². The monoisotopic (exact) mass is 1430 g/mol. The molecule has 0 amide bonds. The average molecular weight is 1430 g/mol. The third-order valence-corrected chi connectivity index (χ3v) is 40.5. The zero-order valence-electron chi connectivity index (χ0n) is 58.9.